The Labute approximate surface area is 217 Å². The third-order valence-corrected chi connectivity index (χ3v) is 7.04. The lowest BCUT2D eigenvalue weighted by molar-refractivity contribution is 0.123. The molecular weight excluding hydrogens is 464 g/mol. The molecule has 2 aliphatic rings. The normalized spacial score (nSPS) is 16.2. The summed E-state index contributed by atoms with van der Waals surface area (Å²) in [6.45, 7) is 6.73. The van der Waals surface area contributed by atoms with Crippen LogP contribution in [0.1, 0.15) is 29.5 Å². The van der Waals surface area contributed by atoms with Gasteiger partial charge in [0.25, 0.3) is 0 Å². The fourth-order valence-corrected chi connectivity index (χ4v) is 5.06. The maximum Gasteiger partial charge on any atom is 0.164 e. The van der Waals surface area contributed by atoms with Crippen LogP contribution in [0.25, 0.3) is 11.2 Å². The molecule has 190 valence electrons. The van der Waals surface area contributed by atoms with Gasteiger partial charge in [0.15, 0.2) is 11.5 Å². The van der Waals surface area contributed by atoms with Gasteiger partial charge < -0.3 is 18.9 Å². The minimum atomic E-state index is 0.678. The van der Waals surface area contributed by atoms with E-state index in [9.17, 15) is 0 Å². The lowest BCUT2D eigenvalue weighted by Gasteiger charge is -2.30. The molecule has 0 unspecified atom stereocenters. The number of hydrazone groups is 1. The van der Waals surface area contributed by atoms with Crippen LogP contribution in [-0.4, -0.2) is 60.2 Å². The molecule has 0 amide bonds. The van der Waals surface area contributed by atoms with Crippen LogP contribution < -0.4 is 14.6 Å². The molecule has 0 saturated carbocycles. The summed E-state index contributed by atoms with van der Waals surface area (Å²) in [6.07, 6.45) is 3.89. The molecule has 2 aromatic heterocycles. The first-order valence-electron chi connectivity index (χ1n) is 12.9. The Hall–Kier alpha value is -3.91. The first-order chi connectivity index (χ1) is 18.2. The third kappa shape index (κ3) is 4.89. The van der Waals surface area contributed by atoms with Crippen molar-refractivity contribution in [3.63, 3.8) is 0 Å². The van der Waals surface area contributed by atoms with Crippen molar-refractivity contribution in [3.8, 4) is 5.75 Å². The van der Waals surface area contributed by atoms with E-state index >= 15 is 0 Å². The number of morpholine rings is 1. The zero-order chi connectivity index (χ0) is 25.2. The zero-order valence-corrected chi connectivity index (χ0v) is 21.4. The Balaban J connectivity index is 1.41. The van der Waals surface area contributed by atoms with Crippen LogP contribution in [0.15, 0.2) is 66.0 Å². The predicted octanol–water partition coefficient (Wildman–Crippen LogP) is 4.64. The number of methoxy groups -OCH3 is 1. The summed E-state index contributed by atoms with van der Waals surface area (Å²) >= 11 is 0. The summed E-state index contributed by atoms with van der Waals surface area (Å²) in [5, 5.41) is 7.14. The molecule has 1 fully saturated rings. The number of hydrogen-bond acceptors (Lipinski definition) is 7. The molecule has 0 spiro atoms. The van der Waals surface area contributed by atoms with Crippen LogP contribution in [0.3, 0.4) is 0 Å². The number of aromatic nitrogens is 3. The molecule has 2 aliphatic heterocycles. The number of ether oxygens (including phenoxy) is 2. The van der Waals surface area contributed by atoms with E-state index < -0.39 is 0 Å². The number of aryl methyl sites for hydroxylation is 1. The number of pyridine rings is 1. The lowest BCUT2D eigenvalue weighted by Crippen LogP contribution is -2.36. The minimum absolute atomic E-state index is 0.678. The van der Waals surface area contributed by atoms with Crippen molar-refractivity contribution in [2.75, 3.05) is 49.9 Å². The van der Waals surface area contributed by atoms with Crippen molar-refractivity contribution in [3.05, 3.63) is 77.6 Å². The molecule has 0 aliphatic carbocycles. The third-order valence-electron chi connectivity index (χ3n) is 7.04. The Kier molecular flexibility index (Phi) is 6.49. The number of anilines is 2. The molecule has 0 atom stereocenters. The molecule has 0 bridgehead atoms. The van der Waals surface area contributed by atoms with Crippen molar-refractivity contribution >= 4 is 28.4 Å². The SMILES string of the molecule is COc1ccc(Cn2cnc3c(N4CCOCC4)cc(N4CCCC(c5cccc(C)c5)=N4)nc32)cc1. The number of rotatable bonds is 6. The summed E-state index contributed by atoms with van der Waals surface area (Å²) in [5.74, 6) is 1.71. The van der Waals surface area contributed by atoms with Crippen molar-refractivity contribution < 1.29 is 9.47 Å². The lowest BCUT2D eigenvalue weighted by atomic mass is 10.0. The van der Waals surface area contributed by atoms with Crippen molar-refractivity contribution in [1.29, 1.82) is 0 Å². The summed E-state index contributed by atoms with van der Waals surface area (Å²) < 4.78 is 13.1. The highest BCUT2D eigenvalue weighted by Gasteiger charge is 2.23. The maximum atomic E-state index is 5.63. The quantitative estimate of drug-likeness (QED) is 0.388. The highest BCUT2D eigenvalue weighted by Crippen LogP contribution is 2.32. The van der Waals surface area contributed by atoms with Gasteiger partial charge in [-0.25, -0.2) is 15.0 Å². The fraction of sp³-hybridized carbons (Fsp3) is 0.345. The topological polar surface area (TPSA) is 68.0 Å². The second-order valence-electron chi connectivity index (χ2n) is 9.63. The molecular formula is C29H32N6O2. The van der Waals surface area contributed by atoms with E-state index in [2.05, 4.69) is 63.9 Å². The van der Waals surface area contributed by atoms with Gasteiger partial charge in [0.2, 0.25) is 0 Å². The minimum Gasteiger partial charge on any atom is -0.497 e. The van der Waals surface area contributed by atoms with Crippen molar-refractivity contribution in [1.82, 2.24) is 14.5 Å². The monoisotopic (exact) mass is 496 g/mol. The number of hydrogen-bond donors (Lipinski definition) is 0. The van der Waals surface area contributed by atoms with Crippen LogP contribution in [0.4, 0.5) is 11.5 Å². The van der Waals surface area contributed by atoms with Gasteiger partial charge >= 0.3 is 0 Å². The van der Waals surface area contributed by atoms with E-state index in [0.29, 0.717) is 19.8 Å². The van der Waals surface area contributed by atoms with Gasteiger partial charge in [-0.3, -0.25) is 0 Å². The summed E-state index contributed by atoms with van der Waals surface area (Å²) in [5.41, 5.74) is 7.58. The molecule has 0 radical (unpaired) electrons. The van der Waals surface area contributed by atoms with Gasteiger partial charge in [0.1, 0.15) is 11.3 Å². The summed E-state index contributed by atoms with van der Waals surface area (Å²) in [4.78, 5) is 12.3. The number of nitrogens with zero attached hydrogens (tertiary/aromatic N) is 6. The van der Waals surface area contributed by atoms with E-state index in [1.54, 1.807) is 7.11 Å². The summed E-state index contributed by atoms with van der Waals surface area (Å²) in [7, 11) is 1.68. The van der Waals surface area contributed by atoms with Crippen molar-refractivity contribution in [2.45, 2.75) is 26.3 Å². The standard InChI is InChI=1S/C29H32N6O2/c1-21-5-3-6-23(17-21)25-7-4-12-35(32-25)27-18-26(33-13-15-37-16-14-33)28-29(31-27)34(20-30-28)19-22-8-10-24(36-2)11-9-22/h3,5-6,8-11,17-18,20H,4,7,12-16,19H2,1-2H3. The van der Waals surface area contributed by atoms with Crippen molar-refractivity contribution in [2.24, 2.45) is 5.10 Å². The van der Waals surface area contributed by atoms with E-state index in [-0.39, 0.29) is 0 Å². The second kappa shape index (κ2) is 10.2. The average Bonchev–Trinajstić information content (AvgIpc) is 3.36. The Morgan fingerprint density at radius 3 is 2.62 bits per heavy atom. The first kappa shape index (κ1) is 23.5. The van der Waals surface area contributed by atoms with E-state index in [0.717, 1.165) is 72.2 Å². The van der Waals surface area contributed by atoms with Crippen LogP contribution in [-0.2, 0) is 11.3 Å². The molecule has 0 N–H and O–H groups in total. The molecule has 1 saturated heterocycles. The molecule has 8 heteroatoms. The van der Waals surface area contributed by atoms with Gasteiger partial charge in [0.05, 0.1) is 44.6 Å². The van der Waals surface area contributed by atoms with Crippen LogP contribution in [0, 0.1) is 6.92 Å². The smallest absolute Gasteiger partial charge is 0.164 e. The first-order valence-corrected chi connectivity index (χ1v) is 12.9. The molecule has 2 aromatic carbocycles. The second-order valence-corrected chi connectivity index (χ2v) is 9.63. The van der Waals surface area contributed by atoms with Gasteiger partial charge in [-0.05, 0) is 43.0 Å². The number of benzene rings is 2. The highest BCUT2D eigenvalue weighted by atomic mass is 16.5. The zero-order valence-electron chi connectivity index (χ0n) is 21.4. The molecule has 6 rings (SSSR count). The average molecular weight is 497 g/mol. The predicted molar refractivity (Wildman–Crippen MR) is 147 cm³/mol. The fourth-order valence-electron chi connectivity index (χ4n) is 5.06. The maximum absolute atomic E-state index is 5.63. The van der Waals surface area contributed by atoms with Crippen LogP contribution in [0.5, 0.6) is 5.75 Å². The number of fused-ring (bicyclic) bond motifs is 1. The van der Waals surface area contributed by atoms with Gasteiger partial charge in [-0.2, -0.15) is 5.10 Å². The van der Waals surface area contributed by atoms with Crippen LogP contribution in [0.2, 0.25) is 0 Å². The Morgan fingerprint density at radius 2 is 1.84 bits per heavy atom. The summed E-state index contributed by atoms with van der Waals surface area (Å²) in [6, 6.07) is 18.9. The van der Waals surface area contributed by atoms with Gasteiger partial charge in [-0.1, -0.05) is 42.0 Å². The molecule has 4 aromatic rings. The van der Waals surface area contributed by atoms with Crippen LogP contribution >= 0.6 is 0 Å². The Morgan fingerprint density at radius 1 is 1.00 bits per heavy atom. The van der Waals surface area contributed by atoms with Gasteiger partial charge in [-0.15, -0.1) is 0 Å². The molecule has 8 nitrogen and oxygen atoms in total. The largest absolute Gasteiger partial charge is 0.497 e. The van der Waals surface area contributed by atoms with E-state index in [4.69, 9.17) is 24.5 Å². The molecule has 4 heterocycles. The van der Waals surface area contributed by atoms with Gasteiger partial charge in [0, 0.05) is 25.7 Å². The van der Waals surface area contributed by atoms with E-state index in [1.165, 1.54) is 11.1 Å². The number of imidazole rings is 1. The Bertz CT molecular complexity index is 1420. The highest BCUT2D eigenvalue weighted by molar-refractivity contribution is 6.01. The molecule has 37 heavy (non-hydrogen) atoms. The van der Waals surface area contributed by atoms with E-state index in [1.807, 2.05) is 18.5 Å².